The Morgan fingerprint density at radius 3 is 2.68 bits per heavy atom. The highest BCUT2D eigenvalue weighted by Gasteiger charge is 2.10. The summed E-state index contributed by atoms with van der Waals surface area (Å²) in [6.07, 6.45) is 5.36. The van der Waals surface area contributed by atoms with Gasteiger partial charge in [0.25, 0.3) is 5.91 Å². The SMILES string of the molecule is O=C(NCc1ccccc1-n1ccnc1)c1ccccc1Br. The van der Waals surface area contributed by atoms with E-state index in [0.29, 0.717) is 12.1 Å². The lowest BCUT2D eigenvalue weighted by Gasteiger charge is -2.11. The highest BCUT2D eigenvalue weighted by Crippen LogP contribution is 2.17. The van der Waals surface area contributed by atoms with Gasteiger partial charge in [-0.25, -0.2) is 4.98 Å². The molecule has 0 fully saturated rings. The third-order valence-corrected chi connectivity index (χ3v) is 4.02. The lowest BCUT2D eigenvalue weighted by Crippen LogP contribution is -2.23. The molecule has 0 atom stereocenters. The number of hydrogen-bond acceptors (Lipinski definition) is 2. The molecule has 1 aromatic heterocycles. The fourth-order valence-corrected chi connectivity index (χ4v) is 2.69. The Hall–Kier alpha value is -2.40. The summed E-state index contributed by atoms with van der Waals surface area (Å²) in [5.41, 5.74) is 2.66. The fraction of sp³-hybridized carbons (Fsp3) is 0.0588. The lowest BCUT2D eigenvalue weighted by molar-refractivity contribution is 0.0950. The maximum atomic E-state index is 12.3. The number of aromatic nitrogens is 2. The van der Waals surface area contributed by atoms with E-state index in [1.807, 2.05) is 53.2 Å². The highest BCUT2D eigenvalue weighted by atomic mass is 79.9. The van der Waals surface area contributed by atoms with Crippen molar-refractivity contribution in [3.63, 3.8) is 0 Å². The topological polar surface area (TPSA) is 46.9 Å². The number of carbonyl (C=O) groups excluding carboxylic acids is 1. The molecular formula is C17H14BrN3O. The molecule has 4 nitrogen and oxygen atoms in total. The number of benzene rings is 2. The van der Waals surface area contributed by atoms with E-state index in [-0.39, 0.29) is 5.91 Å². The second-order valence-corrected chi connectivity index (χ2v) is 5.62. The molecular weight excluding hydrogens is 342 g/mol. The predicted octanol–water partition coefficient (Wildman–Crippen LogP) is 3.56. The Balaban J connectivity index is 1.78. The number of nitrogens with zero attached hydrogens (tertiary/aromatic N) is 2. The zero-order chi connectivity index (χ0) is 15.4. The first-order valence-corrected chi connectivity index (χ1v) is 7.64. The molecule has 110 valence electrons. The van der Waals surface area contributed by atoms with Gasteiger partial charge in [0, 0.05) is 23.4 Å². The van der Waals surface area contributed by atoms with Gasteiger partial charge in [-0.1, -0.05) is 30.3 Å². The minimum absolute atomic E-state index is 0.104. The predicted molar refractivity (Wildman–Crippen MR) is 88.9 cm³/mol. The summed E-state index contributed by atoms with van der Waals surface area (Å²) < 4.78 is 2.72. The van der Waals surface area contributed by atoms with Crippen molar-refractivity contribution < 1.29 is 4.79 Å². The van der Waals surface area contributed by atoms with Gasteiger partial charge in [0.2, 0.25) is 0 Å². The third kappa shape index (κ3) is 3.09. The van der Waals surface area contributed by atoms with E-state index < -0.39 is 0 Å². The summed E-state index contributed by atoms with van der Waals surface area (Å²) in [7, 11) is 0. The second-order valence-electron chi connectivity index (χ2n) is 4.76. The molecule has 0 aliphatic carbocycles. The normalized spacial score (nSPS) is 10.4. The van der Waals surface area contributed by atoms with Crippen LogP contribution in [0.3, 0.4) is 0 Å². The summed E-state index contributed by atoms with van der Waals surface area (Å²) in [5.74, 6) is -0.104. The van der Waals surface area contributed by atoms with Crippen molar-refractivity contribution in [1.29, 1.82) is 0 Å². The molecule has 1 amide bonds. The number of nitrogens with one attached hydrogen (secondary N) is 1. The molecule has 0 radical (unpaired) electrons. The van der Waals surface area contributed by atoms with Gasteiger partial charge in [-0.05, 0) is 39.7 Å². The van der Waals surface area contributed by atoms with Crippen LogP contribution < -0.4 is 5.32 Å². The number of halogens is 1. The lowest BCUT2D eigenvalue weighted by atomic mass is 10.1. The van der Waals surface area contributed by atoms with Crippen LogP contribution in [-0.2, 0) is 6.54 Å². The van der Waals surface area contributed by atoms with Crippen LogP contribution in [0.15, 0.2) is 71.7 Å². The van der Waals surface area contributed by atoms with Gasteiger partial charge in [-0.2, -0.15) is 0 Å². The monoisotopic (exact) mass is 355 g/mol. The van der Waals surface area contributed by atoms with Crippen LogP contribution in [0.25, 0.3) is 5.69 Å². The molecule has 22 heavy (non-hydrogen) atoms. The Kier molecular flexibility index (Phi) is 4.34. The Bertz CT molecular complexity index is 784. The van der Waals surface area contributed by atoms with E-state index in [0.717, 1.165) is 15.7 Å². The number of para-hydroxylation sites is 1. The summed E-state index contributed by atoms with van der Waals surface area (Å²) in [4.78, 5) is 16.3. The number of amides is 1. The zero-order valence-electron chi connectivity index (χ0n) is 11.7. The Morgan fingerprint density at radius 1 is 1.14 bits per heavy atom. The first-order chi connectivity index (χ1) is 10.8. The molecule has 0 aliphatic heterocycles. The molecule has 1 N–H and O–H groups in total. The minimum Gasteiger partial charge on any atom is -0.348 e. The van der Waals surface area contributed by atoms with Gasteiger partial charge in [0.1, 0.15) is 0 Å². The minimum atomic E-state index is -0.104. The molecule has 3 aromatic rings. The molecule has 0 aliphatic rings. The molecule has 5 heteroatoms. The van der Waals surface area contributed by atoms with Crippen molar-refractivity contribution in [1.82, 2.24) is 14.9 Å². The standard InChI is InChI=1S/C17H14BrN3O/c18-15-7-3-2-6-14(15)17(22)20-11-13-5-1-4-8-16(13)21-10-9-19-12-21/h1-10,12H,11H2,(H,20,22). The van der Waals surface area contributed by atoms with E-state index in [9.17, 15) is 4.79 Å². The van der Waals surface area contributed by atoms with Gasteiger partial charge in [0.15, 0.2) is 0 Å². The second kappa shape index (κ2) is 6.58. The molecule has 2 aromatic carbocycles. The third-order valence-electron chi connectivity index (χ3n) is 3.33. The summed E-state index contributed by atoms with van der Waals surface area (Å²) in [5, 5.41) is 2.96. The van der Waals surface area contributed by atoms with Crippen molar-refractivity contribution in [2.75, 3.05) is 0 Å². The van der Waals surface area contributed by atoms with Gasteiger partial charge in [-0.15, -0.1) is 0 Å². The van der Waals surface area contributed by atoms with E-state index in [2.05, 4.69) is 26.2 Å². The highest BCUT2D eigenvalue weighted by molar-refractivity contribution is 9.10. The number of rotatable bonds is 4. The first kappa shape index (κ1) is 14.5. The Labute approximate surface area is 136 Å². The molecule has 0 saturated heterocycles. The average molecular weight is 356 g/mol. The quantitative estimate of drug-likeness (QED) is 0.777. The van der Waals surface area contributed by atoms with Gasteiger partial charge in [0.05, 0.1) is 17.6 Å². The molecule has 1 heterocycles. The van der Waals surface area contributed by atoms with Gasteiger partial charge in [-0.3, -0.25) is 4.79 Å². The molecule has 0 saturated carbocycles. The zero-order valence-corrected chi connectivity index (χ0v) is 13.3. The van der Waals surface area contributed by atoms with Crippen LogP contribution in [-0.4, -0.2) is 15.5 Å². The molecule has 3 rings (SSSR count). The average Bonchev–Trinajstić information content (AvgIpc) is 3.07. The van der Waals surface area contributed by atoms with Gasteiger partial charge >= 0.3 is 0 Å². The summed E-state index contributed by atoms with van der Waals surface area (Å²) >= 11 is 3.40. The van der Waals surface area contributed by atoms with E-state index in [4.69, 9.17) is 0 Å². The maximum Gasteiger partial charge on any atom is 0.252 e. The van der Waals surface area contributed by atoms with Crippen LogP contribution in [0.4, 0.5) is 0 Å². The van der Waals surface area contributed by atoms with Gasteiger partial charge < -0.3 is 9.88 Å². The van der Waals surface area contributed by atoms with Crippen LogP contribution in [0.1, 0.15) is 15.9 Å². The largest absolute Gasteiger partial charge is 0.348 e. The van der Waals surface area contributed by atoms with Crippen molar-refractivity contribution in [2.24, 2.45) is 0 Å². The molecule has 0 bridgehead atoms. The first-order valence-electron chi connectivity index (χ1n) is 6.84. The number of imidazole rings is 1. The van der Waals surface area contributed by atoms with Crippen molar-refractivity contribution in [3.8, 4) is 5.69 Å². The fourth-order valence-electron chi connectivity index (χ4n) is 2.23. The van der Waals surface area contributed by atoms with E-state index >= 15 is 0 Å². The number of carbonyl (C=O) groups is 1. The van der Waals surface area contributed by atoms with Crippen molar-refractivity contribution in [2.45, 2.75) is 6.54 Å². The van der Waals surface area contributed by atoms with Crippen molar-refractivity contribution >= 4 is 21.8 Å². The van der Waals surface area contributed by atoms with Crippen LogP contribution in [0, 0.1) is 0 Å². The summed E-state index contributed by atoms with van der Waals surface area (Å²) in [6.45, 7) is 0.453. The Morgan fingerprint density at radius 2 is 1.91 bits per heavy atom. The van der Waals surface area contributed by atoms with Crippen LogP contribution in [0.5, 0.6) is 0 Å². The van der Waals surface area contributed by atoms with Crippen LogP contribution in [0.2, 0.25) is 0 Å². The summed E-state index contributed by atoms with van der Waals surface area (Å²) in [6, 6.07) is 15.3. The molecule has 0 unspecified atom stereocenters. The van der Waals surface area contributed by atoms with Crippen molar-refractivity contribution in [3.05, 3.63) is 82.9 Å². The van der Waals surface area contributed by atoms with E-state index in [1.165, 1.54) is 0 Å². The smallest absolute Gasteiger partial charge is 0.252 e. The maximum absolute atomic E-state index is 12.3. The molecule has 0 spiro atoms. The number of hydrogen-bond donors (Lipinski definition) is 1. The van der Waals surface area contributed by atoms with Crippen LogP contribution >= 0.6 is 15.9 Å². The van der Waals surface area contributed by atoms with E-state index in [1.54, 1.807) is 18.6 Å².